The van der Waals surface area contributed by atoms with E-state index in [9.17, 15) is 9.90 Å². The largest absolute Gasteiger partial charge is 0.497 e. The van der Waals surface area contributed by atoms with Gasteiger partial charge in [-0.25, -0.2) is 4.98 Å². The number of esters is 1. The van der Waals surface area contributed by atoms with Crippen LogP contribution in [0.3, 0.4) is 0 Å². The number of nitrogens with zero attached hydrogens (tertiary/aromatic N) is 1. The molecule has 0 aliphatic heterocycles. The quantitative estimate of drug-likeness (QED) is 0.455. The molecular weight excluding hydrogens is 422 g/mol. The Bertz CT molecular complexity index is 902. The number of benzene rings is 1. The minimum atomic E-state index is -0.742. The zero-order chi connectivity index (χ0) is 24.5. The normalized spacial score (nSPS) is 15.7. The fourth-order valence-corrected chi connectivity index (χ4v) is 3.52. The van der Waals surface area contributed by atoms with E-state index in [1.54, 1.807) is 34.1 Å². The number of carbonyl (C=O) groups excluding carboxylic acids is 1. The predicted octanol–water partition coefficient (Wildman–Crippen LogP) is 4.81. The topological polar surface area (TPSA) is 91.0 Å². The zero-order valence-electron chi connectivity index (χ0n) is 20.7. The summed E-state index contributed by atoms with van der Waals surface area (Å²) >= 11 is 0. The van der Waals surface area contributed by atoms with Crippen LogP contribution in [0, 0.1) is 24.7 Å². The van der Waals surface area contributed by atoms with E-state index in [2.05, 4.69) is 4.98 Å². The van der Waals surface area contributed by atoms with Gasteiger partial charge in [-0.15, -0.1) is 0 Å². The van der Waals surface area contributed by atoms with Crippen LogP contribution in [-0.4, -0.2) is 42.0 Å². The van der Waals surface area contributed by atoms with Crippen LogP contribution in [0.15, 0.2) is 40.5 Å². The maximum atomic E-state index is 12.4. The molecule has 0 saturated heterocycles. The molecule has 0 radical (unpaired) electrons. The van der Waals surface area contributed by atoms with Crippen LogP contribution in [-0.2, 0) is 20.9 Å². The lowest BCUT2D eigenvalue weighted by Gasteiger charge is -2.32. The van der Waals surface area contributed by atoms with Gasteiger partial charge in [0.25, 0.3) is 0 Å². The molecular formula is C26H37NO6. The molecule has 4 atom stereocenters. The Morgan fingerprint density at radius 3 is 2.39 bits per heavy atom. The SMILES string of the molecule is COc1ccc(COC[C@H](C)[C@H](O)[C@@H](C)[C@@H](OC(=O)C(C)C)/C(C)=C/c2coc(C)n2)cc1. The van der Waals surface area contributed by atoms with Crippen LogP contribution in [0.5, 0.6) is 5.75 Å². The molecule has 0 amide bonds. The molecule has 7 nitrogen and oxygen atoms in total. The van der Waals surface area contributed by atoms with E-state index in [0.29, 0.717) is 24.8 Å². The Hall–Kier alpha value is -2.64. The van der Waals surface area contributed by atoms with Crippen molar-refractivity contribution in [1.29, 1.82) is 0 Å². The smallest absolute Gasteiger partial charge is 0.308 e. The van der Waals surface area contributed by atoms with Gasteiger partial charge < -0.3 is 23.7 Å². The van der Waals surface area contributed by atoms with E-state index in [1.165, 1.54) is 0 Å². The molecule has 1 N–H and O–H groups in total. The lowest BCUT2D eigenvalue weighted by Crippen LogP contribution is -2.39. The average molecular weight is 460 g/mol. The second kappa shape index (κ2) is 12.6. The van der Waals surface area contributed by atoms with Gasteiger partial charge in [0, 0.05) is 18.8 Å². The zero-order valence-corrected chi connectivity index (χ0v) is 20.7. The van der Waals surface area contributed by atoms with Crippen LogP contribution < -0.4 is 4.74 Å². The van der Waals surface area contributed by atoms with Crippen molar-refractivity contribution in [3.8, 4) is 5.75 Å². The van der Waals surface area contributed by atoms with E-state index in [1.807, 2.05) is 51.1 Å². The van der Waals surface area contributed by atoms with Crippen LogP contribution in [0.25, 0.3) is 6.08 Å². The molecule has 0 aliphatic rings. The Labute approximate surface area is 196 Å². The van der Waals surface area contributed by atoms with Crippen molar-refractivity contribution in [2.45, 2.75) is 60.4 Å². The van der Waals surface area contributed by atoms with Crippen molar-refractivity contribution >= 4 is 12.0 Å². The van der Waals surface area contributed by atoms with Crippen LogP contribution in [0.1, 0.15) is 51.8 Å². The summed E-state index contributed by atoms with van der Waals surface area (Å²) in [7, 11) is 1.63. The molecule has 0 bridgehead atoms. The predicted molar refractivity (Wildman–Crippen MR) is 127 cm³/mol. The van der Waals surface area contributed by atoms with Crippen molar-refractivity contribution < 1.29 is 28.5 Å². The van der Waals surface area contributed by atoms with Gasteiger partial charge in [0.2, 0.25) is 0 Å². The van der Waals surface area contributed by atoms with Crippen LogP contribution in [0.4, 0.5) is 0 Å². The molecule has 2 aromatic rings. The number of carbonyl (C=O) groups is 1. The van der Waals surface area contributed by atoms with E-state index in [-0.39, 0.29) is 23.7 Å². The third kappa shape index (κ3) is 8.02. The number of methoxy groups -OCH3 is 1. The summed E-state index contributed by atoms with van der Waals surface area (Å²) in [6, 6.07) is 7.67. The summed E-state index contributed by atoms with van der Waals surface area (Å²) < 4.78 is 22.1. The standard InChI is InChI=1S/C26H37NO6/c1-16(2)26(29)33-25(17(3)12-22-15-32-20(6)27-22)19(5)24(28)18(4)13-31-14-21-8-10-23(30-7)11-9-21/h8-12,15-16,18-19,24-25,28H,13-14H2,1-7H3/b17-12+/t18-,19+,24-,25-/m0/s1. The summed E-state index contributed by atoms with van der Waals surface area (Å²) in [6.07, 6.45) is 2.03. The van der Waals surface area contributed by atoms with Crippen molar-refractivity contribution in [3.05, 3.63) is 53.2 Å². The molecule has 0 unspecified atom stereocenters. The molecule has 7 heteroatoms. The molecule has 0 saturated carbocycles. The number of oxazole rings is 1. The molecule has 0 fully saturated rings. The second-order valence-corrected chi connectivity index (χ2v) is 8.88. The summed E-state index contributed by atoms with van der Waals surface area (Å²) in [5.74, 6) is 0.246. The summed E-state index contributed by atoms with van der Waals surface area (Å²) in [6.45, 7) is 11.8. The third-order valence-corrected chi connectivity index (χ3v) is 5.58. The van der Waals surface area contributed by atoms with Gasteiger partial charge in [-0.05, 0) is 36.3 Å². The second-order valence-electron chi connectivity index (χ2n) is 8.88. The first kappa shape index (κ1) is 26.6. The van der Waals surface area contributed by atoms with E-state index in [4.69, 9.17) is 18.6 Å². The molecule has 33 heavy (non-hydrogen) atoms. The highest BCUT2D eigenvalue weighted by molar-refractivity contribution is 5.72. The highest BCUT2D eigenvalue weighted by Gasteiger charge is 2.32. The van der Waals surface area contributed by atoms with E-state index in [0.717, 1.165) is 16.9 Å². The maximum absolute atomic E-state index is 12.4. The Morgan fingerprint density at radius 2 is 1.85 bits per heavy atom. The van der Waals surface area contributed by atoms with Crippen molar-refractivity contribution in [1.82, 2.24) is 4.98 Å². The Kier molecular flexibility index (Phi) is 10.1. The molecule has 182 valence electrons. The highest BCUT2D eigenvalue weighted by atomic mass is 16.5. The first-order valence-electron chi connectivity index (χ1n) is 11.3. The van der Waals surface area contributed by atoms with Gasteiger partial charge in [-0.3, -0.25) is 4.79 Å². The molecule has 0 spiro atoms. The third-order valence-electron chi connectivity index (χ3n) is 5.58. The fraction of sp³-hybridized carbons (Fsp3) is 0.538. The minimum absolute atomic E-state index is 0.166. The van der Waals surface area contributed by atoms with Crippen molar-refractivity contribution in [2.24, 2.45) is 17.8 Å². The van der Waals surface area contributed by atoms with E-state index < -0.39 is 12.2 Å². The monoisotopic (exact) mass is 459 g/mol. The number of aromatic nitrogens is 1. The van der Waals surface area contributed by atoms with Gasteiger partial charge in [0.05, 0.1) is 32.3 Å². The summed E-state index contributed by atoms with van der Waals surface area (Å²) in [5.41, 5.74) is 2.46. The lowest BCUT2D eigenvalue weighted by atomic mass is 9.86. The molecule has 1 heterocycles. The number of aryl methyl sites for hydroxylation is 1. The lowest BCUT2D eigenvalue weighted by molar-refractivity contribution is -0.156. The first-order chi connectivity index (χ1) is 15.6. The summed E-state index contributed by atoms with van der Waals surface area (Å²) in [4.78, 5) is 16.7. The molecule has 0 aliphatic carbocycles. The highest BCUT2D eigenvalue weighted by Crippen LogP contribution is 2.26. The van der Waals surface area contributed by atoms with Gasteiger partial charge >= 0.3 is 5.97 Å². The Balaban J connectivity index is 2.04. The molecule has 1 aromatic heterocycles. The molecule has 1 aromatic carbocycles. The minimum Gasteiger partial charge on any atom is -0.497 e. The van der Waals surface area contributed by atoms with Crippen LogP contribution in [0.2, 0.25) is 0 Å². The van der Waals surface area contributed by atoms with Gasteiger partial charge in [0.15, 0.2) is 5.89 Å². The number of hydrogen-bond acceptors (Lipinski definition) is 7. The van der Waals surface area contributed by atoms with Gasteiger partial charge in [-0.1, -0.05) is 39.8 Å². The number of hydrogen-bond donors (Lipinski definition) is 1. The number of aliphatic hydroxyl groups excluding tert-OH is 1. The van der Waals surface area contributed by atoms with Crippen molar-refractivity contribution in [2.75, 3.05) is 13.7 Å². The number of rotatable bonds is 12. The fourth-order valence-electron chi connectivity index (χ4n) is 3.52. The van der Waals surface area contributed by atoms with Crippen LogP contribution >= 0.6 is 0 Å². The number of ether oxygens (including phenoxy) is 3. The average Bonchev–Trinajstić information content (AvgIpc) is 3.20. The molecule has 2 rings (SSSR count). The van der Waals surface area contributed by atoms with E-state index >= 15 is 0 Å². The summed E-state index contributed by atoms with van der Waals surface area (Å²) in [5, 5.41) is 11.0. The van der Waals surface area contributed by atoms with Gasteiger partial charge in [0.1, 0.15) is 23.8 Å². The van der Waals surface area contributed by atoms with Gasteiger partial charge in [-0.2, -0.15) is 0 Å². The maximum Gasteiger partial charge on any atom is 0.308 e. The van der Waals surface area contributed by atoms with Crippen molar-refractivity contribution in [3.63, 3.8) is 0 Å². The Morgan fingerprint density at radius 1 is 1.18 bits per heavy atom. The number of aliphatic hydroxyl groups is 1. The first-order valence-corrected chi connectivity index (χ1v) is 11.3.